The molecule has 39 heavy (non-hydrogen) atoms. The first-order valence-corrected chi connectivity index (χ1v) is 13.0. The summed E-state index contributed by atoms with van der Waals surface area (Å²) in [6.07, 6.45) is 0.467. The third kappa shape index (κ3) is 11.5. The number of carbonyl (C=O) groups excluding carboxylic acids is 3. The molecule has 3 amide bonds. The Morgan fingerprint density at radius 2 is 1.31 bits per heavy atom. The van der Waals surface area contributed by atoms with Crippen LogP contribution in [0.1, 0.15) is 49.7 Å². The number of rotatable bonds is 16. The van der Waals surface area contributed by atoms with Gasteiger partial charge in [-0.25, -0.2) is 14.4 Å². The van der Waals surface area contributed by atoms with Crippen LogP contribution in [0.2, 0.25) is 0 Å². The van der Waals surface area contributed by atoms with E-state index >= 15 is 0 Å². The van der Waals surface area contributed by atoms with Crippen LogP contribution in [0.4, 0.5) is 9.59 Å². The molecule has 0 aromatic heterocycles. The minimum Gasteiger partial charge on any atom is -0.480 e. The van der Waals surface area contributed by atoms with Crippen LogP contribution in [-0.2, 0) is 32.3 Å². The van der Waals surface area contributed by atoms with Crippen molar-refractivity contribution in [2.75, 3.05) is 13.1 Å². The van der Waals surface area contributed by atoms with Gasteiger partial charge >= 0.3 is 18.2 Å². The number of ether oxygens (including phenoxy) is 2. The van der Waals surface area contributed by atoms with Gasteiger partial charge in [-0.15, -0.1) is 0 Å². The summed E-state index contributed by atoms with van der Waals surface area (Å²) in [6, 6.07) is 15.4. The fraction of sp³-hybridized carbons (Fsp3) is 0.429. The number of benzene rings is 2. The molecule has 2 rings (SSSR count). The molecule has 2 aromatic carbocycles. The van der Waals surface area contributed by atoms with E-state index in [0.717, 1.165) is 12.8 Å². The van der Waals surface area contributed by atoms with E-state index in [2.05, 4.69) is 5.32 Å². The third-order valence-electron chi connectivity index (χ3n) is 5.91. The van der Waals surface area contributed by atoms with Crippen molar-refractivity contribution in [1.29, 1.82) is 0 Å². The molecule has 11 nitrogen and oxygen atoms in total. The molecule has 0 aliphatic rings. The summed E-state index contributed by atoms with van der Waals surface area (Å²) < 4.78 is 10.5. The Hall–Kier alpha value is -3.96. The molecule has 0 saturated heterocycles. The zero-order valence-corrected chi connectivity index (χ0v) is 22.0. The number of unbranched alkanes of at least 4 members (excludes halogenated alkanes) is 2. The maximum Gasteiger partial charge on any atom is 0.420 e. The number of carboxylic acid groups (broad SMARTS) is 1. The number of aliphatic carboxylic acids is 1. The second kappa shape index (κ2) is 17.5. The smallest absolute Gasteiger partial charge is 0.420 e. The number of carboxylic acids is 1. The van der Waals surface area contributed by atoms with Gasteiger partial charge in [0.15, 0.2) is 0 Å². The third-order valence-corrected chi connectivity index (χ3v) is 5.91. The summed E-state index contributed by atoms with van der Waals surface area (Å²) in [6.45, 7) is 0.514. The Kier molecular flexibility index (Phi) is 14.1. The molecule has 0 aliphatic heterocycles. The molecule has 0 fully saturated rings. The molecule has 2 atom stereocenters. The lowest BCUT2D eigenvalue weighted by Gasteiger charge is -2.26. The molecule has 212 valence electrons. The monoisotopic (exact) mass is 542 g/mol. The largest absolute Gasteiger partial charge is 0.480 e. The van der Waals surface area contributed by atoms with Crippen LogP contribution in [0.25, 0.3) is 0 Å². The van der Waals surface area contributed by atoms with E-state index in [-0.39, 0.29) is 32.1 Å². The molecule has 0 heterocycles. The van der Waals surface area contributed by atoms with Crippen molar-refractivity contribution < 1.29 is 33.8 Å². The van der Waals surface area contributed by atoms with Crippen molar-refractivity contribution in [2.45, 2.75) is 63.8 Å². The molecular formula is C28H38N4O7. The van der Waals surface area contributed by atoms with Gasteiger partial charge in [-0.1, -0.05) is 67.1 Å². The lowest BCUT2D eigenvalue weighted by atomic mass is 10.1. The summed E-state index contributed by atoms with van der Waals surface area (Å²) in [5.41, 5.74) is 12.7. The molecule has 6 N–H and O–H groups in total. The molecule has 0 saturated carbocycles. The van der Waals surface area contributed by atoms with Gasteiger partial charge in [0.2, 0.25) is 5.91 Å². The van der Waals surface area contributed by atoms with Gasteiger partial charge in [-0.05, 0) is 49.8 Å². The summed E-state index contributed by atoms with van der Waals surface area (Å²) in [4.78, 5) is 50.6. The molecule has 0 spiro atoms. The summed E-state index contributed by atoms with van der Waals surface area (Å²) in [5.74, 6) is -1.67. The zero-order valence-electron chi connectivity index (χ0n) is 22.0. The summed E-state index contributed by atoms with van der Waals surface area (Å²) in [5, 5.41) is 12.6. The highest BCUT2D eigenvalue weighted by molar-refractivity contribution is 5.93. The van der Waals surface area contributed by atoms with E-state index in [1.165, 1.54) is 0 Å². The average molecular weight is 543 g/mol. The van der Waals surface area contributed by atoms with Gasteiger partial charge < -0.3 is 31.4 Å². The Labute approximate surface area is 228 Å². The van der Waals surface area contributed by atoms with Gasteiger partial charge in [0.25, 0.3) is 0 Å². The van der Waals surface area contributed by atoms with E-state index < -0.39 is 30.2 Å². The number of nitrogens with zero attached hydrogens (tertiary/aromatic N) is 1. The number of hydrogen-bond acceptors (Lipinski definition) is 8. The Balaban J connectivity index is 1.98. The first-order chi connectivity index (χ1) is 18.8. The van der Waals surface area contributed by atoms with Crippen LogP contribution in [0.3, 0.4) is 0 Å². The first kappa shape index (κ1) is 31.3. The van der Waals surface area contributed by atoms with Crippen LogP contribution in [0.15, 0.2) is 60.7 Å². The van der Waals surface area contributed by atoms with E-state index in [1.807, 2.05) is 0 Å². The zero-order chi connectivity index (χ0) is 28.5. The summed E-state index contributed by atoms with van der Waals surface area (Å²) in [7, 11) is 0. The minimum absolute atomic E-state index is 0.0609. The topological polar surface area (TPSA) is 174 Å². The van der Waals surface area contributed by atoms with Gasteiger partial charge in [-0.3, -0.25) is 4.79 Å². The predicted molar refractivity (Wildman–Crippen MR) is 144 cm³/mol. The van der Waals surface area contributed by atoms with E-state index in [1.54, 1.807) is 60.7 Å². The van der Waals surface area contributed by atoms with Crippen molar-refractivity contribution >= 4 is 24.1 Å². The van der Waals surface area contributed by atoms with Gasteiger partial charge in [-0.2, -0.15) is 4.90 Å². The van der Waals surface area contributed by atoms with Gasteiger partial charge in [0.1, 0.15) is 19.3 Å². The quantitative estimate of drug-likeness (QED) is 0.232. The molecular weight excluding hydrogens is 504 g/mol. The summed E-state index contributed by atoms with van der Waals surface area (Å²) >= 11 is 0. The fourth-order valence-electron chi connectivity index (χ4n) is 3.71. The van der Waals surface area contributed by atoms with Crippen molar-refractivity contribution in [3.8, 4) is 0 Å². The molecule has 0 unspecified atom stereocenters. The molecule has 2 aromatic rings. The molecule has 0 bridgehead atoms. The van der Waals surface area contributed by atoms with E-state index in [4.69, 9.17) is 20.9 Å². The SMILES string of the molecule is NCCCC[C@H](N)C(=O)NCCCC[C@@H](C(=O)O)N(C(=O)OCc1ccccc1)C(=O)OCc1ccccc1. The van der Waals surface area contributed by atoms with E-state index in [0.29, 0.717) is 41.8 Å². The molecule has 0 aliphatic carbocycles. The normalized spacial score (nSPS) is 12.2. The highest BCUT2D eigenvalue weighted by atomic mass is 16.6. The Morgan fingerprint density at radius 1 is 0.795 bits per heavy atom. The number of nitrogens with one attached hydrogen (secondary N) is 1. The minimum atomic E-state index is -1.52. The standard InChI is InChI=1S/C28H38N4O7/c29-17-9-7-15-23(30)25(33)31-18-10-8-16-24(26(34)35)32(27(36)38-19-21-11-3-1-4-12-21)28(37)39-20-22-13-5-2-6-14-22/h1-6,11-14,23-24H,7-10,15-20,29-30H2,(H,31,33)(H,34,35)/t23-,24-/m0/s1. The van der Waals surface area contributed by atoms with Crippen molar-refractivity contribution in [3.05, 3.63) is 71.8 Å². The lowest BCUT2D eigenvalue weighted by molar-refractivity contribution is -0.142. The Morgan fingerprint density at radius 3 is 1.79 bits per heavy atom. The van der Waals surface area contributed by atoms with Crippen molar-refractivity contribution in [1.82, 2.24) is 10.2 Å². The maximum absolute atomic E-state index is 12.9. The molecule has 0 radical (unpaired) electrons. The number of nitrogens with two attached hydrogens (primary N) is 2. The van der Waals surface area contributed by atoms with Gasteiger partial charge in [0, 0.05) is 6.54 Å². The second-order valence-electron chi connectivity index (χ2n) is 8.98. The average Bonchev–Trinajstić information content (AvgIpc) is 2.94. The van der Waals surface area contributed by atoms with Crippen molar-refractivity contribution in [3.63, 3.8) is 0 Å². The Bertz CT molecular complexity index is 981. The molecule has 11 heteroatoms. The number of carbonyl (C=O) groups is 4. The highest BCUT2D eigenvalue weighted by Crippen LogP contribution is 2.16. The van der Waals surface area contributed by atoms with Crippen LogP contribution in [0.5, 0.6) is 0 Å². The number of amides is 3. The first-order valence-electron chi connectivity index (χ1n) is 13.0. The van der Waals surface area contributed by atoms with Crippen LogP contribution < -0.4 is 16.8 Å². The van der Waals surface area contributed by atoms with Crippen LogP contribution >= 0.6 is 0 Å². The highest BCUT2D eigenvalue weighted by Gasteiger charge is 2.37. The lowest BCUT2D eigenvalue weighted by Crippen LogP contribution is -2.49. The maximum atomic E-state index is 12.9. The van der Waals surface area contributed by atoms with Gasteiger partial charge in [0.05, 0.1) is 6.04 Å². The number of hydrogen-bond donors (Lipinski definition) is 4. The van der Waals surface area contributed by atoms with Crippen molar-refractivity contribution in [2.24, 2.45) is 11.5 Å². The van der Waals surface area contributed by atoms with Crippen LogP contribution in [0, 0.1) is 0 Å². The predicted octanol–water partition coefficient (Wildman–Crippen LogP) is 3.16. The fourth-order valence-corrected chi connectivity index (χ4v) is 3.71. The van der Waals surface area contributed by atoms with Crippen LogP contribution in [-0.4, -0.2) is 59.2 Å². The van der Waals surface area contributed by atoms with E-state index in [9.17, 15) is 24.3 Å². The number of imide groups is 1. The second-order valence-corrected chi connectivity index (χ2v) is 8.98.